The zero-order valence-electron chi connectivity index (χ0n) is 10.2. The molecule has 15 heavy (non-hydrogen) atoms. The molecule has 0 amide bonds. The summed E-state index contributed by atoms with van der Waals surface area (Å²) in [7, 11) is 0. The molecule has 1 rings (SSSR count). The Balaban J connectivity index is 3.26. The van der Waals surface area contributed by atoms with Crippen LogP contribution in [0.3, 0.4) is 0 Å². The lowest BCUT2D eigenvalue weighted by Crippen LogP contribution is -2.28. The smallest absolute Gasteiger partial charge is 0.128 e. The zero-order valence-corrected chi connectivity index (χ0v) is 10.2. The highest BCUT2D eigenvalue weighted by atomic mass is 19.1. The maximum atomic E-state index is 13.8. The fourth-order valence-electron chi connectivity index (χ4n) is 1.75. The highest BCUT2D eigenvalue weighted by Gasteiger charge is 2.26. The summed E-state index contributed by atoms with van der Waals surface area (Å²) in [5.41, 5.74) is 8.49. The number of halogens is 1. The predicted octanol–water partition coefficient (Wildman–Crippen LogP) is 3.49. The molecule has 0 saturated carbocycles. The fourth-order valence-corrected chi connectivity index (χ4v) is 1.75. The third-order valence-electron chi connectivity index (χ3n) is 2.72. The van der Waals surface area contributed by atoms with Crippen LogP contribution in [-0.2, 0) is 0 Å². The summed E-state index contributed by atoms with van der Waals surface area (Å²) in [6.45, 7) is 9.88. The van der Waals surface area contributed by atoms with Gasteiger partial charge in [0.15, 0.2) is 0 Å². The SMILES string of the molecule is Cc1cc(C)c(C(N)C(C)(C)C)c(F)c1. The van der Waals surface area contributed by atoms with Gasteiger partial charge in [0.25, 0.3) is 0 Å². The summed E-state index contributed by atoms with van der Waals surface area (Å²) in [6.07, 6.45) is 0. The van der Waals surface area contributed by atoms with Crippen molar-refractivity contribution in [2.75, 3.05) is 0 Å². The standard InChI is InChI=1S/C13H20FN/c1-8-6-9(2)11(10(14)7-8)12(15)13(3,4)5/h6-7,12H,15H2,1-5H3. The van der Waals surface area contributed by atoms with Gasteiger partial charge in [0.2, 0.25) is 0 Å². The van der Waals surface area contributed by atoms with E-state index in [1.165, 1.54) is 0 Å². The van der Waals surface area contributed by atoms with Gasteiger partial charge in [-0.05, 0) is 36.5 Å². The predicted molar refractivity (Wildman–Crippen MR) is 62.3 cm³/mol. The van der Waals surface area contributed by atoms with Crippen LogP contribution < -0.4 is 5.73 Å². The van der Waals surface area contributed by atoms with Crippen LogP contribution in [0.2, 0.25) is 0 Å². The van der Waals surface area contributed by atoms with Gasteiger partial charge in [0, 0.05) is 11.6 Å². The number of aryl methyl sites for hydroxylation is 2. The second-order valence-electron chi connectivity index (χ2n) is 5.32. The highest BCUT2D eigenvalue weighted by Crippen LogP contribution is 2.34. The molecule has 2 N–H and O–H groups in total. The molecule has 0 aliphatic rings. The van der Waals surface area contributed by atoms with Gasteiger partial charge in [0.05, 0.1) is 0 Å². The minimum absolute atomic E-state index is 0.124. The number of hydrogen-bond acceptors (Lipinski definition) is 1. The van der Waals surface area contributed by atoms with Crippen molar-refractivity contribution in [3.8, 4) is 0 Å². The Hall–Kier alpha value is -0.890. The molecule has 0 aliphatic carbocycles. The maximum absolute atomic E-state index is 13.8. The van der Waals surface area contributed by atoms with Crippen molar-refractivity contribution in [2.24, 2.45) is 11.1 Å². The van der Waals surface area contributed by atoms with Crippen LogP contribution in [0, 0.1) is 25.1 Å². The maximum Gasteiger partial charge on any atom is 0.128 e. The average molecular weight is 209 g/mol. The summed E-state index contributed by atoms with van der Waals surface area (Å²) in [5, 5.41) is 0. The van der Waals surface area contributed by atoms with Crippen LogP contribution in [0.25, 0.3) is 0 Å². The number of benzene rings is 1. The summed E-state index contributed by atoms with van der Waals surface area (Å²) in [4.78, 5) is 0. The van der Waals surface area contributed by atoms with Crippen LogP contribution in [0.1, 0.15) is 43.5 Å². The largest absolute Gasteiger partial charge is 0.323 e. The van der Waals surface area contributed by atoms with E-state index in [0.717, 1.165) is 11.1 Å². The van der Waals surface area contributed by atoms with Crippen molar-refractivity contribution in [3.63, 3.8) is 0 Å². The quantitative estimate of drug-likeness (QED) is 0.752. The molecule has 1 aromatic rings. The average Bonchev–Trinajstić information content (AvgIpc) is 1.99. The van der Waals surface area contributed by atoms with Gasteiger partial charge in [-0.15, -0.1) is 0 Å². The molecule has 1 unspecified atom stereocenters. The van der Waals surface area contributed by atoms with Crippen LogP contribution in [0.4, 0.5) is 4.39 Å². The van der Waals surface area contributed by atoms with E-state index in [2.05, 4.69) is 0 Å². The molecule has 1 atom stereocenters. The Morgan fingerprint density at radius 1 is 1.20 bits per heavy atom. The lowest BCUT2D eigenvalue weighted by atomic mass is 9.81. The molecular weight excluding hydrogens is 189 g/mol. The number of hydrogen-bond donors (Lipinski definition) is 1. The van der Waals surface area contributed by atoms with Gasteiger partial charge in [-0.1, -0.05) is 26.8 Å². The van der Waals surface area contributed by atoms with E-state index >= 15 is 0 Å². The van der Waals surface area contributed by atoms with Gasteiger partial charge < -0.3 is 5.73 Å². The first-order valence-electron chi connectivity index (χ1n) is 5.25. The van der Waals surface area contributed by atoms with E-state index in [1.807, 2.05) is 40.7 Å². The van der Waals surface area contributed by atoms with Gasteiger partial charge in [0.1, 0.15) is 5.82 Å². The van der Waals surface area contributed by atoms with E-state index in [0.29, 0.717) is 5.56 Å². The summed E-state index contributed by atoms with van der Waals surface area (Å²) < 4.78 is 13.8. The van der Waals surface area contributed by atoms with Gasteiger partial charge >= 0.3 is 0 Å². The molecule has 1 nitrogen and oxygen atoms in total. The normalized spacial score (nSPS) is 14.1. The van der Waals surface area contributed by atoms with Gasteiger partial charge in [-0.2, -0.15) is 0 Å². The molecule has 0 bridgehead atoms. The van der Waals surface area contributed by atoms with E-state index in [9.17, 15) is 4.39 Å². The molecule has 0 radical (unpaired) electrons. The zero-order chi connectivity index (χ0) is 11.8. The van der Waals surface area contributed by atoms with Crippen LogP contribution in [0.15, 0.2) is 12.1 Å². The first-order valence-corrected chi connectivity index (χ1v) is 5.25. The molecule has 0 aromatic heterocycles. The van der Waals surface area contributed by atoms with Crippen molar-refractivity contribution in [1.29, 1.82) is 0 Å². The highest BCUT2D eigenvalue weighted by molar-refractivity contribution is 5.35. The Morgan fingerprint density at radius 2 is 1.73 bits per heavy atom. The molecular formula is C13H20FN. The van der Waals surface area contributed by atoms with Gasteiger partial charge in [-0.3, -0.25) is 0 Å². The first kappa shape index (κ1) is 12.2. The van der Waals surface area contributed by atoms with Crippen molar-refractivity contribution in [2.45, 2.75) is 40.7 Å². The third kappa shape index (κ3) is 2.57. The van der Waals surface area contributed by atoms with E-state index in [-0.39, 0.29) is 17.3 Å². The van der Waals surface area contributed by atoms with Crippen LogP contribution in [-0.4, -0.2) is 0 Å². The summed E-state index contributed by atoms with van der Waals surface area (Å²) >= 11 is 0. The molecule has 0 heterocycles. The molecule has 0 fully saturated rings. The van der Waals surface area contributed by atoms with Crippen LogP contribution >= 0.6 is 0 Å². The Kier molecular flexibility index (Phi) is 3.19. The second-order valence-corrected chi connectivity index (χ2v) is 5.32. The topological polar surface area (TPSA) is 26.0 Å². The summed E-state index contributed by atoms with van der Waals surface area (Å²) in [5.74, 6) is -0.185. The third-order valence-corrected chi connectivity index (χ3v) is 2.72. The van der Waals surface area contributed by atoms with E-state index < -0.39 is 0 Å². The van der Waals surface area contributed by atoms with Crippen molar-refractivity contribution >= 4 is 0 Å². The van der Waals surface area contributed by atoms with Gasteiger partial charge in [-0.25, -0.2) is 4.39 Å². The van der Waals surface area contributed by atoms with Crippen molar-refractivity contribution in [3.05, 3.63) is 34.6 Å². The van der Waals surface area contributed by atoms with Crippen molar-refractivity contribution < 1.29 is 4.39 Å². The first-order chi connectivity index (χ1) is 6.73. The Labute approximate surface area is 91.5 Å². The molecule has 0 aliphatic heterocycles. The summed E-state index contributed by atoms with van der Waals surface area (Å²) in [6, 6.07) is 3.26. The van der Waals surface area contributed by atoms with E-state index in [4.69, 9.17) is 5.73 Å². The monoisotopic (exact) mass is 209 g/mol. The minimum Gasteiger partial charge on any atom is -0.323 e. The molecule has 0 spiro atoms. The number of nitrogens with two attached hydrogens (primary N) is 1. The van der Waals surface area contributed by atoms with Crippen LogP contribution in [0.5, 0.6) is 0 Å². The molecule has 0 saturated heterocycles. The Morgan fingerprint density at radius 3 is 2.13 bits per heavy atom. The lowest BCUT2D eigenvalue weighted by molar-refractivity contribution is 0.318. The van der Waals surface area contributed by atoms with E-state index in [1.54, 1.807) is 6.07 Å². The lowest BCUT2D eigenvalue weighted by Gasteiger charge is -2.29. The molecule has 2 heteroatoms. The van der Waals surface area contributed by atoms with Crippen molar-refractivity contribution in [1.82, 2.24) is 0 Å². The molecule has 1 aromatic carbocycles. The fraction of sp³-hybridized carbons (Fsp3) is 0.538. The Bertz CT molecular complexity index is 340. The second kappa shape index (κ2) is 3.93. The molecule has 84 valence electrons. The minimum atomic E-state index is -0.266. The number of rotatable bonds is 1.